The minimum atomic E-state index is -2.62. The van der Waals surface area contributed by atoms with Crippen molar-refractivity contribution in [3.8, 4) is 0 Å². The largest absolute Gasteiger partial charge is 0.356 e. The molecule has 1 N–H and O–H groups in total. The molecule has 31 heavy (non-hydrogen) atoms. The van der Waals surface area contributed by atoms with Gasteiger partial charge >= 0.3 is 0 Å². The van der Waals surface area contributed by atoms with Crippen molar-refractivity contribution in [1.82, 2.24) is 15.3 Å². The van der Waals surface area contributed by atoms with E-state index in [2.05, 4.69) is 15.3 Å². The Morgan fingerprint density at radius 3 is 2.48 bits per heavy atom. The fraction of sp³-hybridized carbons (Fsp3) is 0.478. The summed E-state index contributed by atoms with van der Waals surface area (Å²) in [6.07, 6.45) is 1.36. The van der Waals surface area contributed by atoms with Crippen molar-refractivity contribution in [2.75, 3.05) is 18.0 Å². The van der Waals surface area contributed by atoms with Gasteiger partial charge < -0.3 is 10.2 Å². The number of pyridine rings is 2. The monoisotopic (exact) mass is 430 g/mol. The number of alkyl halides is 2. The zero-order valence-corrected chi connectivity index (χ0v) is 18.3. The van der Waals surface area contributed by atoms with E-state index in [9.17, 15) is 18.4 Å². The molecule has 0 spiro atoms. The van der Waals surface area contributed by atoms with E-state index >= 15 is 0 Å². The summed E-state index contributed by atoms with van der Waals surface area (Å²) in [4.78, 5) is 34.8. The summed E-state index contributed by atoms with van der Waals surface area (Å²) in [5, 5.41) is 2.95. The van der Waals surface area contributed by atoms with Gasteiger partial charge in [0, 0.05) is 49.9 Å². The Labute approximate surface area is 181 Å². The van der Waals surface area contributed by atoms with Gasteiger partial charge in [-0.15, -0.1) is 0 Å². The van der Waals surface area contributed by atoms with E-state index in [4.69, 9.17) is 0 Å². The van der Waals surface area contributed by atoms with Crippen LogP contribution in [0.25, 0.3) is 0 Å². The zero-order chi connectivity index (χ0) is 22.8. The van der Waals surface area contributed by atoms with Crippen LogP contribution in [0.2, 0.25) is 0 Å². The third-order valence-electron chi connectivity index (χ3n) is 5.41. The summed E-state index contributed by atoms with van der Waals surface area (Å²) < 4.78 is 26.8. The molecule has 0 saturated carbocycles. The molecule has 1 fully saturated rings. The normalized spacial score (nSPS) is 16.6. The molecular formula is C23H28F2N4O2. The molecule has 1 unspecified atom stereocenters. The van der Waals surface area contributed by atoms with Crippen LogP contribution in [0.1, 0.15) is 65.6 Å². The SMILES string of the molecule is CC(=O)Cc1cc(C(C)NC(=O)c2cnc(N3CCC(F)(F)CC3)c(C)c2)cc(C)n1. The van der Waals surface area contributed by atoms with Crippen molar-refractivity contribution in [2.24, 2.45) is 0 Å². The lowest BCUT2D eigenvalue weighted by Crippen LogP contribution is -2.40. The van der Waals surface area contributed by atoms with Gasteiger partial charge in [0.25, 0.3) is 11.8 Å². The first-order chi connectivity index (χ1) is 14.5. The minimum Gasteiger partial charge on any atom is -0.356 e. The Balaban J connectivity index is 1.70. The molecule has 0 aliphatic carbocycles. The highest BCUT2D eigenvalue weighted by Crippen LogP contribution is 2.31. The molecule has 3 rings (SSSR count). The minimum absolute atomic E-state index is 0.0276. The Morgan fingerprint density at radius 1 is 1.19 bits per heavy atom. The van der Waals surface area contributed by atoms with Crippen LogP contribution in [0.15, 0.2) is 24.4 Å². The molecule has 2 aromatic heterocycles. The zero-order valence-electron chi connectivity index (χ0n) is 18.3. The van der Waals surface area contributed by atoms with Crippen molar-refractivity contribution in [1.29, 1.82) is 0 Å². The van der Waals surface area contributed by atoms with Crippen LogP contribution in [0.3, 0.4) is 0 Å². The maximum Gasteiger partial charge on any atom is 0.253 e. The third-order valence-corrected chi connectivity index (χ3v) is 5.41. The van der Waals surface area contributed by atoms with Gasteiger partial charge in [0.15, 0.2) is 0 Å². The highest BCUT2D eigenvalue weighted by atomic mass is 19.3. The number of amides is 1. The van der Waals surface area contributed by atoms with E-state index in [0.717, 1.165) is 16.8 Å². The number of carbonyl (C=O) groups is 2. The van der Waals surface area contributed by atoms with E-state index in [-0.39, 0.29) is 50.1 Å². The Kier molecular flexibility index (Phi) is 6.67. The van der Waals surface area contributed by atoms with Crippen molar-refractivity contribution >= 4 is 17.5 Å². The first-order valence-electron chi connectivity index (χ1n) is 10.4. The molecule has 2 aromatic rings. The lowest BCUT2D eigenvalue weighted by atomic mass is 10.0. The van der Waals surface area contributed by atoms with E-state index in [1.807, 2.05) is 37.8 Å². The van der Waals surface area contributed by atoms with Crippen molar-refractivity contribution in [2.45, 2.75) is 58.9 Å². The fourth-order valence-corrected chi connectivity index (χ4v) is 3.79. The van der Waals surface area contributed by atoms with E-state index in [1.165, 1.54) is 13.1 Å². The number of aromatic nitrogens is 2. The molecule has 1 aliphatic rings. The average molecular weight is 430 g/mol. The first kappa shape index (κ1) is 22.8. The number of nitrogens with one attached hydrogen (secondary N) is 1. The standard InChI is InChI=1S/C23H28F2N4O2/c1-14-9-19(13-26-21(14)29-7-5-23(24,25)6-8-29)22(31)28-17(4)18-10-15(2)27-20(12-18)11-16(3)30/h9-10,12-13,17H,5-8,11H2,1-4H3,(H,28,31). The number of nitrogens with zero attached hydrogens (tertiary/aromatic N) is 3. The van der Waals surface area contributed by atoms with Crippen LogP contribution < -0.4 is 10.2 Å². The van der Waals surface area contributed by atoms with Crippen molar-refractivity contribution in [3.63, 3.8) is 0 Å². The molecule has 166 valence electrons. The molecule has 0 aromatic carbocycles. The molecular weight excluding hydrogens is 402 g/mol. The summed E-state index contributed by atoms with van der Waals surface area (Å²) in [6.45, 7) is 7.55. The number of anilines is 1. The predicted molar refractivity (Wildman–Crippen MR) is 115 cm³/mol. The highest BCUT2D eigenvalue weighted by Gasteiger charge is 2.34. The van der Waals surface area contributed by atoms with Gasteiger partial charge in [0.05, 0.1) is 11.6 Å². The second-order valence-electron chi connectivity index (χ2n) is 8.31. The molecule has 1 amide bonds. The van der Waals surface area contributed by atoms with Gasteiger partial charge in [-0.1, -0.05) is 0 Å². The fourth-order valence-electron chi connectivity index (χ4n) is 3.79. The van der Waals surface area contributed by atoms with Gasteiger partial charge in [0.2, 0.25) is 0 Å². The van der Waals surface area contributed by atoms with Gasteiger partial charge in [-0.2, -0.15) is 0 Å². The summed E-state index contributed by atoms with van der Waals surface area (Å²) in [7, 11) is 0. The lowest BCUT2D eigenvalue weighted by molar-refractivity contribution is -0.116. The second-order valence-corrected chi connectivity index (χ2v) is 8.31. The number of piperidine rings is 1. The number of rotatable bonds is 6. The molecule has 1 atom stereocenters. The topological polar surface area (TPSA) is 75.2 Å². The molecule has 1 aliphatic heterocycles. The van der Waals surface area contributed by atoms with Crippen LogP contribution >= 0.6 is 0 Å². The molecule has 3 heterocycles. The molecule has 0 radical (unpaired) electrons. The molecule has 6 nitrogen and oxygen atoms in total. The summed E-state index contributed by atoms with van der Waals surface area (Å²) in [6, 6.07) is 5.16. The number of halogens is 2. The van der Waals surface area contributed by atoms with Crippen LogP contribution in [-0.2, 0) is 11.2 Å². The number of aryl methyl sites for hydroxylation is 2. The summed E-state index contributed by atoms with van der Waals surface area (Å²) >= 11 is 0. The summed E-state index contributed by atoms with van der Waals surface area (Å²) in [5.74, 6) is -2.23. The number of ketones is 1. The van der Waals surface area contributed by atoms with Crippen molar-refractivity contribution in [3.05, 3.63) is 52.5 Å². The van der Waals surface area contributed by atoms with Crippen LogP contribution in [0.4, 0.5) is 14.6 Å². The van der Waals surface area contributed by atoms with Gasteiger partial charge in [-0.3, -0.25) is 14.6 Å². The second kappa shape index (κ2) is 9.08. The van der Waals surface area contributed by atoms with Gasteiger partial charge in [-0.25, -0.2) is 13.8 Å². The lowest BCUT2D eigenvalue weighted by Gasteiger charge is -2.33. The Bertz CT molecular complexity index is 984. The van der Waals surface area contributed by atoms with E-state index < -0.39 is 5.92 Å². The number of hydrogen-bond acceptors (Lipinski definition) is 5. The van der Waals surface area contributed by atoms with Gasteiger partial charge in [0.1, 0.15) is 11.6 Å². The smallest absolute Gasteiger partial charge is 0.253 e. The molecule has 1 saturated heterocycles. The maximum absolute atomic E-state index is 13.4. The van der Waals surface area contributed by atoms with E-state index in [0.29, 0.717) is 17.1 Å². The van der Waals surface area contributed by atoms with Crippen molar-refractivity contribution < 1.29 is 18.4 Å². The average Bonchev–Trinajstić information content (AvgIpc) is 2.67. The number of Topliss-reactive ketones (excluding diaryl/α,β-unsaturated/α-hetero) is 1. The van der Waals surface area contributed by atoms with Crippen LogP contribution in [0, 0.1) is 13.8 Å². The van der Waals surface area contributed by atoms with E-state index in [1.54, 1.807) is 6.07 Å². The predicted octanol–water partition coefficient (Wildman–Crippen LogP) is 3.95. The Morgan fingerprint density at radius 2 is 1.87 bits per heavy atom. The maximum atomic E-state index is 13.4. The Hall–Kier alpha value is -2.90. The quantitative estimate of drug-likeness (QED) is 0.751. The third kappa shape index (κ3) is 5.83. The summed E-state index contributed by atoms with van der Waals surface area (Å²) in [5.41, 5.74) is 3.51. The van der Waals surface area contributed by atoms with Gasteiger partial charge in [-0.05, 0) is 57.0 Å². The molecule has 0 bridgehead atoms. The van der Waals surface area contributed by atoms with Crippen LogP contribution in [-0.4, -0.2) is 40.7 Å². The molecule has 8 heteroatoms. The number of hydrogen-bond donors (Lipinski definition) is 1. The van der Waals surface area contributed by atoms with Crippen LogP contribution in [0.5, 0.6) is 0 Å². The number of carbonyl (C=O) groups excluding carboxylic acids is 2. The first-order valence-corrected chi connectivity index (χ1v) is 10.4. The highest BCUT2D eigenvalue weighted by molar-refractivity contribution is 5.94.